The molecule has 0 aliphatic heterocycles. The first-order chi connectivity index (χ1) is 8.99. The number of carboxylic acids is 1. The molecule has 0 bridgehead atoms. The maximum absolute atomic E-state index is 12.0. The van der Waals surface area contributed by atoms with Gasteiger partial charge in [0.25, 0.3) is 0 Å². The van der Waals surface area contributed by atoms with Crippen LogP contribution in [0.3, 0.4) is 0 Å². The Morgan fingerprint density at radius 1 is 1.37 bits per heavy atom. The summed E-state index contributed by atoms with van der Waals surface area (Å²) in [5, 5.41) is 8.87. The maximum atomic E-state index is 12.0. The summed E-state index contributed by atoms with van der Waals surface area (Å²) in [6, 6.07) is 4.84. The molecule has 2 heterocycles. The quantitative estimate of drug-likeness (QED) is 0.901. The number of pyridine rings is 1. The Hall–Kier alpha value is -2.37. The summed E-state index contributed by atoms with van der Waals surface area (Å²) in [5.41, 5.74) is 0.398. The minimum Gasteiger partial charge on any atom is -0.477 e. The van der Waals surface area contributed by atoms with Gasteiger partial charge in [-0.2, -0.15) is 0 Å². The zero-order valence-corrected chi connectivity index (χ0v) is 10.8. The first-order valence-electron chi connectivity index (χ1n) is 5.95. The molecular formula is C13H15N3O3. The molecule has 0 radical (unpaired) electrons. The van der Waals surface area contributed by atoms with Gasteiger partial charge < -0.3 is 5.11 Å². The molecule has 0 saturated carbocycles. The van der Waals surface area contributed by atoms with Crippen LogP contribution in [0.2, 0.25) is 0 Å². The Bertz CT molecular complexity index is 655. The fraction of sp³-hybridized carbons (Fsp3) is 0.308. The van der Waals surface area contributed by atoms with Gasteiger partial charge >= 0.3 is 11.7 Å². The largest absolute Gasteiger partial charge is 0.477 e. The molecule has 0 aliphatic rings. The average Bonchev–Trinajstić information content (AvgIpc) is 2.71. The lowest BCUT2D eigenvalue weighted by atomic mass is 10.3. The topological polar surface area (TPSA) is 77.1 Å². The van der Waals surface area contributed by atoms with Crippen molar-refractivity contribution in [3.8, 4) is 0 Å². The van der Waals surface area contributed by atoms with Crippen LogP contribution in [0, 0.1) is 0 Å². The summed E-state index contributed by atoms with van der Waals surface area (Å²) in [5.74, 6) is -1.08. The molecule has 0 atom stereocenters. The number of nitrogens with zero attached hydrogens (tertiary/aromatic N) is 3. The molecular weight excluding hydrogens is 246 g/mol. The van der Waals surface area contributed by atoms with Crippen LogP contribution >= 0.6 is 0 Å². The highest BCUT2D eigenvalue weighted by atomic mass is 16.4. The standard InChI is InChI=1S/C13H15N3O3/c1-9(2)16-7-6-15(13(16)19)8-10-4-3-5-11(14-10)12(17)18/h3-7,9H,8H2,1-2H3,(H,17,18). The predicted molar refractivity (Wildman–Crippen MR) is 69.4 cm³/mol. The van der Waals surface area contributed by atoms with Gasteiger partial charge in [0.2, 0.25) is 0 Å². The van der Waals surface area contributed by atoms with Gasteiger partial charge in [-0.3, -0.25) is 9.13 Å². The summed E-state index contributed by atoms with van der Waals surface area (Å²) >= 11 is 0. The van der Waals surface area contributed by atoms with E-state index in [4.69, 9.17) is 5.11 Å². The van der Waals surface area contributed by atoms with Crippen molar-refractivity contribution in [2.45, 2.75) is 26.4 Å². The van der Waals surface area contributed by atoms with E-state index < -0.39 is 5.97 Å². The van der Waals surface area contributed by atoms with Crippen molar-refractivity contribution in [1.29, 1.82) is 0 Å². The maximum Gasteiger partial charge on any atom is 0.354 e. The molecule has 1 N–H and O–H groups in total. The Morgan fingerprint density at radius 3 is 2.68 bits per heavy atom. The molecule has 19 heavy (non-hydrogen) atoms. The molecule has 0 fully saturated rings. The highest BCUT2D eigenvalue weighted by Crippen LogP contribution is 2.03. The van der Waals surface area contributed by atoms with Crippen molar-refractivity contribution in [2.75, 3.05) is 0 Å². The van der Waals surface area contributed by atoms with E-state index in [-0.39, 0.29) is 24.0 Å². The molecule has 6 nitrogen and oxygen atoms in total. The molecule has 0 unspecified atom stereocenters. The van der Waals surface area contributed by atoms with Gasteiger partial charge in [-0.15, -0.1) is 0 Å². The van der Waals surface area contributed by atoms with E-state index in [1.165, 1.54) is 10.6 Å². The smallest absolute Gasteiger partial charge is 0.354 e. The fourth-order valence-corrected chi connectivity index (χ4v) is 1.80. The van der Waals surface area contributed by atoms with E-state index in [0.29, 0.717) is 5.69 Å². The van der Waals surface area contributed by atoms with Crippen molar-refractivity contribution in [3.05, 3.63) is 52.5 Å². The Balaban J connectivity index is 2.29. The van der Waals surface area contributed by atoms with Crippen LogP contribution in [0.5, 0.6) is 0 Å². The van der Waals surface area contributed by atoms with Crippen molar-refractivity contribution in [2.24, 2.45) is 0 Å². The van der Waals surface area contributed by atoms with Crippen molar-refractivity contribution < 1.29 is 9.90 Å². The average molecular weight is 261 g/mol. The summed E-state index contributed by atoms with van der Waals surface area (Å²) in [6.07, 6.45) is 3.39. The second-order valence-electron chi connectivity index (χ2n) is 4.53. The summed E-state index contributed by atoms with van der Waals surface area (Å²) in [4.78, 5) is 26.8. The number of hydrogen-bond acceptors (Lipinski definition) is 3. The zero-order chi connectivity index (χ0) is 14.0. The number of carbonyl (C=O) groups is 1. The monoisotopic (exact) mass is 261 g/mol. The van der Waals surface area contributed by atoms with Gasteiger partial charge in [-0.05, 0) is 26.0 Å². The molecule has 0 aromatic carbocycles. The molecule has 2 rings (SSSR count). The van der Waals surface area contributed by atoms with E-state index in [0.717, 1.165) is 0 Å². The predicted octanol–water partition coefficient (Wildman–Crippen LogP) is 1.37. The highest BCUT2D eigenvalue weighted by Gasteiger charge is 2.09. The molecule has 0 amide bonds. The van der Waals surface area contributed by atoms with Gasteiger partial charge in [0.15, 0.2) is 0 Å². The Labute approximate surface area is 109 Å². The van der Waals surface area contributed by atoms with Crippen LogP contribution in [0.1, 0.15) is 36.1 Å². The second kappa shape index (κ2) is 5.09. The number of hydrogen-bond donors (Lipinski definition) is 1. The van der Waals surface area contributed by atoms with E-state index in [2.05, 4.69) is 4.98 Å². The molecule has 2 aromatic rings. The Morgan fingerprint density at radius 2 is 2.11 bits per heavy atom. The fourth-order valence-electron chi connectivity index (χ4n) is 1.80. The number of rotatable bonds is 4. The lowest BCUT2D eigenvalue weighted by Crippen LogP contribution is -2.25. The van der Waals surface area contributed by atoms with Gasteiger partial charge in [0.05, 0.1) is 12.2 Å². The van der Waals surface area contributed by atoms with Crippen LogP contribution in [0.15, 0.2) is 35.4 Å². The molecule has 0 aliphatic carbocycles. The van der Waals surface area contributed by atoms with Crippen molar-refractivity contribution in [1.82, 2.24) is 14.1 Å². The highest BCUT2D eigenvalue weighted by molar-refractivity contribution is 5.85. The minimum absolute atomic E-state index is 0.0196. The second-order valence-corrected chi connectivity index (χ2v) is 4.53. The molecule has 2 aromatic heterocycles. The van der Waals surface area contributed by atoms with Crippen LogP contribution in [-0.2, 0) is 6.54 Å². The lowest BCUT2D eigenvalue weighted by Gasteiger charge is -2.05. The van der Waals surface area contributed by atoms with Crippen LogP contribution in [0.4, 0.5) is 0 Å². The van der Waals surface area contributed by atoms with E-state index in [9.17, 15) is 9.59 Å². The third-order valence-corrected chi connectivity index (χ3v) is 2.79. The van der Waals surface area contributed by atoms with E-state index in [1.807, 2.05) is 13.8 Å². The molecule has 6 heteroatoms. The van der Waals surface area contributed by atoms with E-state index in [1.54, 1.807) is 29.1 Å². The van der Waals surface area contributed by atoms with Crippen LogP contribution in [-0.4, -0.2) is 25.2 Å². The molecule has 0 spiro atoms. The number of aromatic carboxylic acids is 1. The van der Waals surface area contributed by atoms with Crippen LogP contribution < -0.4 is 5.69 Å². The van der Waals surface area contributed by atoms with Gasteiger partial charge in [-0.1, -0.05) is 6.07 Å². The lowest BCUT2D eigenvalue weighted by molar-refractivity contribution is 0.0690. The van der Waals surface area contributed by atoms with Crippen molar-refractivity contribution >= 4 is 5.97 Å². The summed E-state index contributed by atoms with van der Waals surface area (Å²) < 4.78 is 3.12. The zero-order valence-electron chi connectivity index (χ0n) is 10.8. The van der Waals surface area contributed by atoms with Crippen molar-refractivity contribution in [3.63, 3.8) is 0 Å². The SMILES string of the molecule is CC(C)n1ccn(Cc2cccc(C(=O)O)n2)c1=O. The number of imidazole rings is 1. The first-order valence-corrected chi connectivity index (χ1v) is 5.95. The number of aromatic nitrogens is 3. The summed E-state index contributed by atoms with van der Waals surface area (Å²) in [6.45, 7) is 4.11. The normalized spacial score (nSPS) is 10.9. The minimum atomic E-state index is -1.08. The number of carboxylic acid groups (broad SMARTS) is 1. The third-order valence-electron chi connectivity index (χ3n) is 2.79. The van der Waals surface area contributed by atoms with Gasteiger partial charge in [-0.25, -0.2) is 14.6 Å². The van der Waals surface area contributed by atoms with Gasteiger partial charge in [0, 0.05) is 18.4 Å². The molecule has 0 saturated heterocycles. The summed E-state index contributed by atoms with van der Waals surface area (Å²) in [7, 11) is 0. The Kier molecular flexibility index (Phi) is 3.50. The van der Waals surface area contributed by atoms with E-state index >= 15 is 0 Å². The van der Waals surface area contributed by atoms with Gasteiger partial charge in [0.1, 0.15) is 5.69 Å². The van der Waals surface area contributed by atoms with Crippen LogP contribution in [0.25, 0.3) is 0 Å². The first kappa shape index (κ1) is 13.1. The molecule has 100 valence electrons. The third kappa shape index (κ3) is 2.73.